The van der Waals surface area contributed by atoms with Gasteiger partial charge < -0.3 is 79.3 Å². The largest absolute Gasteiger partial charge is 1.00 e. The van der Waals surface area contributed by atoms with Crippen molar-refractivity contribution in [1.82, 2.24) is 9.80 Å². The van der Waals surface area contributed by atoms with Crippen molar-refractivity contribution in [2.45, 2.75) is 18.4 Å². The molecule has 10 N–H and O–H groups in total. The Balaban J connectivity index is -0.0000000811. The summed E-state index contributed by atoms with van der Waals surface area (Å²) in [6.07, 6.45) is -2.29. The van der Waals surface area contributed by atoms with Crippen LogP contribution in [0.15, 0.2) is 0 Å². The van der Waals surface area contributed by atoms with Gasteiger partial charge in [0.2, 0.25) is 0 Å². The van der Waals surface area contributed by atoms with E-state index in [0.29, 0.717) is 0 Å². The van der Waals surface area contributed by atoms with Crippen molar-refractivity contribution < 1.29 is 231 Å². The monoisotopic (exact) mass is 768 g/mol. The van der Waals surface area contributed by atoms with Crippen LogP contribution in [0.4, 0.5) is 0 Å². The van der Waals surface area contributed by atoms with Gasteiger partial charge in [-0.1, -0.05) is 0 Å². The number of rotatable bonds is 16. The van der Waals surface area contributed by atoms with Gasteiger partial charge in [0.05, 0.1) is 54.7 Å². The average Bonchev–Trinajstić information content (AvgIpc) is 2.66. The summed E-state index contributed by atoms with van der Waals surface area (Å²) in [6, 6.07) is 0. The first-order chi connectivity index (χ1) is 19.0. The minimum Gasteiger partial charge on any atom is -0.790 e. The number of aliphatic carboxylic acids is 7. The Kier molecular flexibility index (Phi) is 46.9. The van der Waals surface area contributed by atoms with Crippen LogP contribution in [0.5, 0.6) is 0 Å². The number of hydrogen-bond donors (Lipinski definition) is 10. The Morgan fingerprint density at radius 2 is 0.660 bits per heavy atom. The second-order valence-corrected chi connectivity index (χ2v) is 9.29. The molecule has 0 amide bonds. The van der Waals surface area contributed by atoms with E-state index in [9.17, 15) is 33.6 Å². The number of aliphatic hydroxyl groups is 1. The van der Waals surface area contributed by atoms with Gasteiger partial charge in [-0.3, -0.25) is 38.6 Å². The second kappa shape index (κ2) is 33.5. The molecular formula is C16H26N2Na4O23P2. The van der Waals surface area contributed by atoms with Crippen LogP contribution < -0.4 is 138 Å². The quantitative estimate of drug-likeness (QED) is 0.0514. The molecule has 0 bridgehead atoms. The Labute approximate surface area is 352 Å². The number of nitrogens with zero attached hydrogens (tertiary/aromatic N) is 2. The molecule has 0 atom stereocenters. The van der Waals surface area contributed by atoms with Crippen molar-refractivity contribution in [1.29, 1.82) is 0 Å². The van der Waals surface area contributed by atoms with E-state index in [1.165, 1.54) is 0 Å². The zero-order valence-electron chi connectivity index (χ0n) is 25.2. The molecule has 252 valence electrons. The van der Waals surface area contributed by atoms with Crippen LogP contribution in [0.25, 0.3) is 0 Å². The topological polar surface area (TPSA) is 455 Å². The van der Waals surface area contributed by atoms with E-state index in [4.69, 9.17) is 79.3 Å². The molecule has 0 spiro atoms. The minimum absolute atomic E-state index is 0. The predicted octanol–water partition coefficient (Wildman–Crippen LogP) is -19.7. The molecule has 0 aliphatic carbocycles. The normalized spacial score (nSPS) is 10.1. The molecular weight excluding hydrogens is 742 g/mol. The summed E-state index contributed by atoms with van der Waals surface area (Å²) in [7, 11) is -10.3. The summed E-state index contributed by atoms with van der Waals surface area (Å²) < 4.78 is 17.3. The van der Waals surface area contributed by atoms with Gasteiger partial charge >= 0.3 is 160 Å². The van der Waals surface area contributed by atoms with Gasteiger partial charge in [0, 0.05) is 13.1 Å². The maximum atomic E-state index is 10.6. The van der Waals surface area contributed by atoms with E-state index in [2.05, 4.69) is 0 Å². The summed E-state index contributed by atoms with van der Waals surface area (Å²) in [4.78, 5) is 123. The second-order valence-electron chi connectivity index (χ2n) is 7.41. The van der Waals surface area contributed by atoms with Crippen molar-refractivity contribution in [3.05, 3.63) is 0 Å². The fourth-order valence-corrected chi connectivity index (χ4v) is 2.19. The maximum Gasteiger partial charge on any atom is 1.00 e. The number of carboxylic acid groups (broad SMARTS) is 7. The number of phosphoric acid groups is 2. The number of carbonyl (C=O) groups is 7. The van der Waals surface area contributed by atoms with E-state index in [-0.39, 0.29) is 131 Å². The van der Waals surface area contributed by atoms with Crippen molar-refractivity contribution >= 4 is 57.4 Å². The maximum absolute atomic E-state index is 10.6. The average molecular weight is 768 g/mol. The SMILES string of the molecule is O=C(O)CC(O)(CC(=O)O)C(=O)O.O=C(O)CN(CCN(CC(=O)O)CC(=O)O)CC(=O)O.O=P([O-])([O-])O.O=P([O-])([O-])O.[Na+].[Na+].[Na+].[Na+]. The summed E-state index contributed by atoms with van der Waals surface area (Å²) >= 11 is 0. The first-order valence-corrected chi connectivity index (χ1v) is 13.2. The van der Waals surface area contributed by atoms with Gasteiger partial charge in [-0.15, -0.1) is 0 Å². The third-order valence-corrected chi connectivity index (χ3v) is 3.45. The third-order valence-electron chi connectivity index (χ3n) is 3.45. The minimum atomic E-state index is -5.14. The Morgan fingerprint density at radius 1 is 0.489 bits per heavy atom. The van der Waals surface area contributed by atoms with Gasteiger partial charge in [-0.25, -0.2) is 4.79 Å². The summed E-state index contributed by atoms with van der Waals surface area (Å²) in [6.45, 7) is -2.25. The van der Waals surface area contributed by atoms with Crippen LogP contribution in [0.2, 0.25) is 0 Å². The fraction of sp³-hybridized carbons (Fsp3) is 0.562. The molecule has 0 aromatic rings. The van der Waals surface area contributed by atoms with Crippen LogP contribution in [0.1, 0.15) is 12.8 Å². The van der Waals surface area contributed by atoms with Crippen LogP contribution >= 0.6 is 15.6 Å². The Hall–Kier alpha value is 0.390. The molecule has 0 radical (unpaired) electrons. The Bertz CT molecular complexity index is 949. The van der Waals surface area contributed by atoms with Gasteiger partial charge in [0.1, 0.15) is 0 Å². The molecule has 0 saturated carbocycles. The van der Waals surface area contributed by atoms with Gasteiger partial charge in [-0.05, 0) is 0 Å². The van der Waals surface area contributed by atoms with Gasteiger partial charge in [0.15, 0.2) is 5.60 Å². The summed E-state index contributed by atoms with van der Waals surface area (Å²) in [5.41, 5.74) is -2.74. The Morgan fingerprint density at radius 3 is 0.766 bits per heavy atom. The standard InChI is InChI=1S/C10H16N2O8.C6H8O7.4Na.2H3O4P/c13-7(14)3-11(4-8(15)16)1-2-12(5-9(17)18)6-10(19)20;7-3(8)1-6(13,5(11)12)2-4(9)10;;;;;2*1-5(2,3)4/h1-6H2,(H,13,14)(H,15,16)(H,17,18)(H,19,20);13H,1-2H2,(H,7,8)(H,9,10)(H,11,12);;;;;2*(H3,1,2,3,4)/q;;4*+1;;/p-4. The fourth-order valence-electron chi connectivity index (χ4n) is 2.19. The zero-order chi connectivity index (χ0) is 35.4. The number of carboxylic acids is 7. The molecule has 0 aromatic carbocycles. The first-order valence-electron chi connectivity index (χ1n) is 10.2. The van der Waals surface area contributed by atoms with E-state index < -0.39 is 102 Å². The molecule has 25 nitrogen and oxygen atoms in total. The zero-order valence-corrected chi connectivity index (χ0v) is 35.0. The molecule has 0 saturated heterocycles. The van der Waals surface area contributed by atoms with Crippen molar-refractivity contribution in [2.24, 2.45) is 0 Å². The molecule has 0 heterocycles. The van der Waals surface area contributed by atoms with E-state index in [1.807, 2.05) is 0 Å². The molecule has 0 unspecified atom stereocenters. The molecule has 0 aromatic heterocycles. The van der Waals surface area contributed by atoms with Gasteiger partial charge in [-0.2, -0.15) is 0 Å². The van der Waals surface area contributed by atoms with Crippen molar-refractivity contribution in [3.8, 4) is 0 Å². The molecule has 0 fully saturated rings. The molecule has 47 heavy (non-hydrogen) atoms. The molecule has 31 heteroatoms. The first kappa shape index (κ1) is 65.7. The third kappa shape index (κ3) is 65.4. The van der Waals surface area contributed by atoms with E-state index >= 15 is 0 Å². The van der Waals surface area contributed by atoms with Crippen LogP contribution in [-0.4, -0.2) is 147 Å². The smallest absolute Gasteiger partial charge is 0.790 e. The van der Waals surface area contributed by atoms with E-state index in [1.54, 1.807) is 0 Å². The van der Waals surface area contributed by atoms with Crippen molar-refractivity contribution in [3.63, 3.8) is 0 Å². The summed E-state index contributed by atoms with van der Waals surface area (Å²) in [5.74, 6) is -9.93. The van der Waals surface area contributed by atoms with Crippen LogP contribution in [0, 0.1) is 0 Å². The summed E-state index contributed by atoms with van der Waals surface area (Å²) in [5, 5.41) is 68.3. The van der Waals surface area contributed by atoms with Crippen LogP contribution in [-0.2, 0) is 42.7 Å². The van der Waals surface area contributed by atoms with Gasteiger partial charge in [0.25, 0.3) is 0 Å². The predicted molar refractivity (Wildman–Crippen MR) is 120 cm³/mol. The number of hydrogen-bond acceptors (Lipinski definition) is 16. The molecule has 0 aliphatic rings. The van der Waals surface area contributed by atoms with Crippen molar-refractivity contribution in [2.75, 3.05) is 39.3 Å². The molecule has 0 aliphatic heterocycles. The molecule has 0 rings (SSSR count). The van der Waals surface area contributed by atoms with Crippen LogP contribution in [0.3, 0.4) is 0 Å². The van der Waals surface area contributed by atoms with E-state index in [0.717, 1.165) is 9.80 Å².